The standard InChI is InChI=1S/C20H25BrN4O.HI/c1-22-20(25(2)15-17-10-6-7-11-18(17)21)23-13-12-19(26)24-14-16-8-4-3-5-9-16;/h3-11H,12-15H2,1-2H3,(H,22,23)(H,24,26);1H. The van der Waals surface area contributed by atoms with Crippen molar-refractivity contribution >= 4 is 51.8 Å². The molecule has 0 atom stereocenters. The number of carbonyl (C=O) groups excluding carboxylic acids is 1. The van der Waals surface area contributed by atoms with E-state index in [1.165, 1.54) is 5.56 Å². The van der Waals surface area contributed by atoms with Crippen LogP contribution in [0.15, 0.2) is 64.1 Å². The quantitative estimate of drug-likeness (QED) is 0.317. The van der Waals surface area contributed by atoms with Gasteiger partial charge in [0.25, 0.3) is 0 Å². The van der Waals surface area contributed by atoms with Crippen molar-refractivity contribution in [3.05, 3.63) is 70.2 Å². The number of amides is 1. The number of nitrogens with zero attached hydrogens (tertiary/aromatic N) is 2. The summed E-state index contributed by atoms with van der Waals surface area (Å²) in [5, 5.41) is 6.17. The highest BCUT2D eigenvalue weighted by atomic mass is 127. The first-order valence-corrected chi connectivity index (χ1v) is 9.35. The number of aliphatic imine (C=N–C) groups is 1. The molecule has 0 unspecified atom stereocenters. The minimum absolute atomic E-state index is 0. The van der Waals surface area contributed by atoms with Crippen LogP contribution in [0.2, 0.25) is 0 Å². The third-order valence-electron chi connectivity index (χ3n) is 3.91. The molecule has 0 aliphatic rings. The fourth-order valence-electron chi connectivity index (χ4n) is 2.51. The van der Waals surface area contributed by atoms with Gasteiger partial charge in [-0.15, -0.1) is 24.0 Å². The molecule has 146 valence electrons. The van der Waals surface area contributed by atoms with Crippen LogP contribution in [0.1, 0.15) is 17.5 Å². The van der Waals surface area contributed by atoms with Crippen LogP contribution in [0, 0.1) is 0 Å². The number of hydrogen-bond donors (Lipinski definition) is 2. The SMILES string of the molecule is CN=C(NCCC(=O)NCc1ccccc1)N(C)Cc1ccccc1Br.I. The molecular weight excluding hydrogens is 519 g/mol. The van der Waals surface area contributed by atoms with Crippen LogP contribution in [0.4, 0.5) is 0 Å². The molecule has 1 amide bonds. The first kappa shape index (κ1) is 23.4. The summed E-state index contributed by atoms with van der Waals surface area (Å²) in [6, 6.07) is 18.0. The van der Waals surface area contributed by atoms with E-state index in [2.05, 4.69) is 37.6 Å². The van der Waals surface area contributed by atoms with Gasteiger partial charge in [-0.3, -0.25) is 9.79 Å². The zero-order valence-corrected chi connectivity index (χ0v) is 19.5. The van der Waals surface area contributed by atoms with Crippen LogP contribution < -0.4 is 10.6 Å². The second-order valence-corrected chi connectivity index (χ2v) is 6.79. The van der Waals surface area contributed by atoms with Crippen molar-refractivity contribution in [2.75, 3.05) is 20.6 Å². The number of hydrogen-bond acceptors (Lipinski definition) is 2. The Morgan fingerprint density at radius 2 is 1.74 bits per heavy atom. The predicted octanol–water partition coefficient (Wildman–Crippen LogP) is 3.78. The Labute approximate surface area is 186 Å². The lowest BCUT2D eigenvalue weighted by atomic mass is 10.2. The molecule has 0 heterocycles. The Morgan fingerprint density at radius 3 is 2.41 bits per heavy atom. The van der Waals surface area contributed by atoms with Gasteiger partial charge in [0.1, 0.15) is 0 Å². The van der Waals surface area contributed by atoms with Crippen LogP contribution in [-0.2, 0) is 17.9 Å². The van der Waals surface area contributed by atoms with E-state index in [-0.39, 0.29) is 29.9 Å². The average molecular weight is 545 g/mol. The highest BCUT2D eigenvalue weighted by Crippen LogP contribution is 2.17. The van der Waals surface area contributed by atoms with Gasteiger partial charge in [-0.2, -0.15) is 0 Å². The molecule has 0 spiro atoms. The van der Waals surface area contributed by atoms with E-state index in [4.69, 9.17) is 0 Å². The first-order chi connectivity index (χ1) is 12.6. The summed E-state index contributed by atoms with van der Waals surface area (Å²) in [7, 11) is 3.72. The van der Waals surface area contributed by atoms with Crippen molar-refractivity contribution in [3.8, 4) is 0 Å². The van der Waals surface area contributed by atoms with Crippen molar-refractivity contribution in [2.24, 2.45) is 4.99 Å². The van der Waals surface area contributed by atoms with E-state index < -0.39 is 0 Å². The maximum atomic E-state index is 12.0. The van der Waals surface area contributed by atoms with E-state index >= 15 is 0 Å². The number of nitrogens with one attached hydrogen (secondary N) is 2. The van der Waals surface area contributed by atoms with Crippen LogP contribution in [-0.4, -0.2) is 37.4 Å². The number of rotatable bonds is 7. The van der Waals surface area contributed by atoms with Gasteiger partial charge in [-0.05, 0) is 17.2 Å². The molecule has 2 rings (SSSR count). The maximum Gasteiger partial charge on any atom is 0.222 e. The number of benzene rings is 2. The number of guanidine groups is 1. The highest BCUT2D eigenvalue weighted by molar-refractivity contribution is 14.0. The smallest absolute Gasteiger partial charge is 0.222 e. The minimum atomic E-state index is 0. The van der Waals surface area contributed by atoms with Gasteiger partial charge in [-0.25, -0.2) is 0 Å². The summed E-state index contributed by atoms with van der Waals surface area (Å²) >= 11 is 3.56. The zero-order valence-electron chi connectivity index (χ0n) is 15.6. The number of halogens is 2. The van der Waals surface area contributed by atoms with Gasteiger partial charge in [0.15, 0.2) is 5.96 Å². The van der Waals surface area contributed by atoms with E-state index in [1.807, 2.05) is 60.5 Å². The van der Waals surface area contributed by atoms with Gasteiger partial charge < -0.3 is 15.5 Å². The van der Waals surface area contributed by atoms with Crippen molar-refractivity contribution < 1.29 is 4.79 Å². The van der Waals surface area contributed by atoms with Crippen LogP contribution in [0.25, 0.3) is 0 Å². The second-order valence-electron chi connectivity index (χ2n) is 5.93. The maximum absolute atomic E-state index is 12.0. The lowest BCUT2D eigenvalue weighted by Crippen LogP contribution is -2.40. The molecule has 5 nitrogen and oxygen atoms in total. The van der Waals surface area contributed by atoms with Gasteiger partial charge in [-0.1, -0.05) is 64.5 Å². The van der Waals surface area contributed by atoms with E-state index in [0.717, 1.165) is 22.5 Å². The highest BCUT2D eigenvalue weighted by Gasteiger charge is 2.09. The Bertz CT molecular complexity index is 740. The summed E-state index contributed by atoms with van der Waals surface area (Å²) in [5.41, 5.74) is 2.27. The van der Waals surface area contributed by atoms with Gasteiger partial charge in [0, 0.05) is 44.6 Å². The minimum Gasteiger partial charge on any atom is -0.356 e. The van der Waals surface area contributed by atoms with Crippen LogP contribution in [0.5, 0.6) is 0 Å². The summed E-state index contributed by atoms with van der Waals surface area (Å²) in [6.07, 6.45) is 0.398. The van der Waals surface area contributed by atoms with Gasteiger partial charge >= 0.3 is 0 Å². The molecule has 0 fully saturated rings. The second kappa shape index (κ2) is 12.7. The molecule has 0 radical (unpaired) electrons. The Balaban J connectivity index is 0.00000364. The molecule has 2 N–H and O–H groups in total. The van der Waals surface area contributed by atoms with E-state index in [0.29, 0.717) is 19.5 Å². The summed E-state index contributed by atoms with van der Waals surface area (Å²) in [4.78, 5) is 18.3. The van der Waals surface area contributed by atoms with Crippen molar-refractivity contribution in [1.82, 2.24) is 15.5 Å². The lowest BCUT2D eigenvalue weighted by Gasteiger charge is -2.22. The zero-order chi connectivity index (χ0) is 18.8. The van der Waals surface area contributed by atoms with E-state index in [1.54, 1.807) is 7.05 Å². The Kier molecular flexibility index (Phi) is 11.0. The van der Waals surface area contributed by atoms with E-state index in [9.17, 15) is 4.79 Å². The third kappa shape index (κ3) is 8.30. The van der Waals surface area contributed by atoms with Crippen molar-refractivity contribution in [2.45, 2.75) is 19.5 Å². The molecule has 0 aromatic heterocycles. The average Bonchev–Trinajstić information content (AvgIpc) is 2.66. The predicted molar refractivity (Wildman–Crippen MR) is 125 cm³/mol. The molecule has 2 aromatic carbocycles. The summed E-state index contributed by atoms with van der Waals surface area (Å²) in [6.45, 7) is 1.81. The molecule has 0 saturated carbocycles. The van der Waals surface area contributed by atoms with Crippen LogP contribution >= 0.6 is 39.9 Å². The van der Waals surface area contributed by atoms with Gasteiger partial charge in [0.2, 0.25) is 5.91 Å². The Hall–Kier alpha value is -1.61. The summed E-state index contributed by atoms with van der Waals surface area (Å²) < 4.78 is 1.07. The first-order valence-electron chi connectivity index (χ1n) is 8.56. The Morgan fingerprint density at radius 1 is 1.07 bits per heavy atom. The van der Waals surface area contributed by atoms with Crippen molar-refractivity contribution in [3.63, 3.8) is 0 Å². The molecule has 27 heavy (non-hydrogen) atoms. The van der Waals surface area contributed by atoms with Gasteiger partial charge in [0.05, 0.1) is 0 Å². The largest absolute Gasteiger partial charge is 0.356 e. The monoisotopic (exact) mass is 544 g/mol. The molecule has 0 saturated heterocycles. The fourth-order valence-corrected chi connectivity index (χ4v) is 2.92. The molecule has 0 aliphatic carbocycles. The molecular formula is C20H26BrIN4O. The molecule has 0 bridgehead atoms. The third-order valence-corrected chi connectivity index (χ3v) is 4.68. The molecule has 2 aromatic rings. The number of carbonyl (C=O) groups is 1. The molecule has 0 aliphatic heterocycles. The topological polar surface area (TPSA) is 56.7 Å². The lowest BCUT2D eigenvalue weighted by molar-refractivity contribution is -0.121. The summed E-state index contributed by atoms with van der Waals surface area (Å²) in [5.74, 6) is 0.780. The van der Waals surface area contributed by atoms with Crippen molar-refractivity contribution in [1.29, 1.82) is 0 Å². The molecule has 7 heteroatoms. The fraction of sp³-hybridized carbons (Fsp3) is 0.300. The normalized spacial score (nSPS) is 10.7. The van der Waals surface area contributed by atoms with Crippen LogP contribution in [0.3, 0.4) is 0 Å².